The van der Waals surface area contributed by atoms with Crippen molar-refractivity contribution in [1.82, 2.24) is 0 Å². The fourth-order valence-corrected chi connectivity index (χ4v) is 5.77. The highest BCUT2D eigenvalue weighted by Gasteiger charge is 2.35. The van der Waals surface area contributed by atoms with Gasteiger partial charge >= 0.3 is 0 Å². The van der Waals surface area contributed by atoms with Gasteiger partial charge in [-0.05, 0) is 86.4 Å². The van der Waals surface area contributed by atoms with Crippen LogP contribution in [-0.2, 0) is 0 Å². The molecule has 2 fully saturated rings. The van der Waals surface area contributed by atoms with Crippen molar-refractivity contribution in [3.05, 3.63) is 11.6 Å². The van der Waals surface area contributed by atoms with E-state index in [4.69, 9.17) is 0 Å². The van der Waals surface area contributed by atoms with Crippen LogP contribution in [0.5, 0.6) is 0 Å². The predicted octanol–water partition coefficient (Wildman–Crippen LogP) is 6.28. The van der Waals surface area contributed by atoms with Crippen LogP contribution >= 0.6 is 0 Å². The van der Waals surface area contributed by atoms with Crippen LogP contribution in [0.1, 0.15) is 86.9 Å². The van der Waals surface area contributed by atoms with E-state index >= 15 is 0 Å². The molecule has 0 aromatic carbocycles. The summed E-state index contributed by atoms with van der Waals surface area (Å²) in [5.41, 5.74) is 1.85. The Morgan fingerprint density at radius 1 is 0.783 bits per heavy atom. The lowest BCUT2D eigenvalue weighted by Crippen LogP contribution is -2.32. The number of hydrogen-bond donors (Lipinski definition) is 0. The summed E-state index contributed by atoms with van der Waals surface area (Å²) in [7, 11) is 0. The van der Waals surface area contributed by atoms with Gasteiger partial charge in [0.05, 0.1) is 0 Å². The van der Waals surface area contributed by atoms with Crippen LogP contribution in [0.4, 0.5) is 0 Å². The Labute approximate surface area is 146 Å². The molecule has 1 heteroatoms. The number of allylic oxidation sites excluding steroid dienone is 2. The van der Waals surface area contributed by atoms with E-state index in [9.17, 15) is 0 Å². The van der Waals surface area contributed by atoms with Crippen molar-refractivity contribution in [3.63, 3.8) is 0 Å². The van der Waals surface area contributed by atoms with Gasteiger partial charge in [-0.3, -0.25) is 0 Å². The summed E-state index contributed by atoms with van der Waals surface area (Å²) in [5.74, 6) is 6.74. The Morgan fingerprint density at radius 2 is 1.48 bits per heavy atom. The molecule has 0 amide bonds. The lowest BCUT2D eigenvalue weighted by atomic mass is 9.63. The van der Waals surface area contributed by atoms with E-state index in [0.717, 1.165) is 41.4 Å². The minimum Gasteiger partial charge on any atom is -0.412 e. The van der Waals surface area contributed by atoms with Crippen LogP contribution in [0.25, 0.3) is 0 Å². The third-order valence-corrected chi connectivity index (χ3v) is 7.98. The van der Waals surface area contributed by atoms with E-state index in [2.05, 4.69) is 33.8 Å². The van der Waals surface area contributed by atoms with Crippen molar-refractivity contribution in [1.29, 1.82) is 0 Å². The second-order valence-corrected chi connectivity index (χ2v) is 9.21. The molecule has 3 rings (SSSR count). The lowest BCUT2D eigenvalue weighted by molar-refractivity contribution is 0.138. The highest BCUT2D eigenvalue weighted by Crippen LogP contribution is 2.46. The van der Waals surface area contributed by atoms with Gasteiger partial charge in [-0.2, -0.15) is 0 Å². The van der Waals surface area contributed by atoms with Crippen molar-refractivity contribution in [2.24, 2.45) is 41.4 Å². The van der Waals surface area contributed by atoms with Gasteiger partial charge in [0, 0.05) is 1.43 Å². The Kier molecular flexibility index (Phi) is 6.77. The Hall–Kier alpha value is -0.300. The second kappa shape index (κ2) is 8.19. The van der Waals surface area contributed by atoms with Gasteiger partial charge in [-0.25, -0.2) is 0 Å². The molecule has 0 radical (unpaired) electrons. The van der Waals surface area contributed by atoms with Gasteiger partial charge in [0.25, 0.3) is 0 Å². The molecule has 0 saturated heterocycles. The Balaban J connectivity index is 0.00000144. The topological polar surface area (TPSA) is 31.5 Å². The van der Waals surface area contributed by atoms with Crippen molar-refractivity contribution in [2.45, 2.75) is 85.5 Å². The second-order valence-electron chi connectivity index (χ2n) is 9.21. The third kappa shape index (κ3) is 4.21. The first-order valence-corrected chi connectivity index (χ1v) is 10.2. The molecule has 2 saturated carbocycles. The minimum absolute atomic E-state index is 0. The zero-order chi connectivity index (χ0) is 15.7. The molecule has 3 aliphatic carbocycles. The molecule has 5 unspecified atom stereocenters. The fraction of sp³-hybridized carbons (Fsp3) is 0.909. The van der Waals surface area contributed by atoms with Crippen molar-refractivity contribution in [3.8, 4) is 0 Å². The van der Waals surface area contributed by atoms with E-state index in [1.165, 1.54) is 57.8 Å². The molecule has 0 aliphatic heterocycles. The van der Waals surface area contributed by atoms with Gasteiger partial charge in [0.1, 0.15) is 0 Å². The molecule has 3 aliphatic rings. The van der Waals surface area contributed by atoms with E-state index in [-0.39, 0.29) is 6.90 Å². The van der Waals surface area contributed by atoms with Gasteiger partial charge < -0.3 is 5.48 Å². The largest absolute Gasteiger partial charge is 0.412 e. The summed E-state index contributed by atoms with van der Waals surface area (Å²) in [6.07, 6.45) is 16.0. The van der Waals surface area contributed by atoms with Crippen LogP contribution in [0.15, 0.2) is 11.6 Å². The molecule has 2 N–H and O–H groups in total. The van der Waals surface area contributed by atoms with Crippen molar-refractivity contribution < 1.29 is 6.90 Å². The smallest absolute Gasteiger partial charge is 0 e. The zero-order valence-corrected chi connectivity index (χ0v) is 16.0. The molecule has 0 aromatic heterocycles. The summed E-state index contributed by atoms with van der Waals surface area (Å²) in [6.45, 7) is 9.94. The van der Waals surface area contributed by atoms with Crippen LogP contribution in [0.2, 0.25) is 0 Å². The van der Waals surface area contributed by atoms with Gasteiger partial charge in [-0.15, -0.1) is 0 Å². The van der Waals surface area contributed by atoms with Crippen LogP contribution in [-0.4, -0.2) is 5.48 Å². The monoisotopic (exact) mass is 322 g/mol. The Morgan fingerprint density at radius 3 is 2.09 bits per heavy atom. The molecular weight excluding hydrogens is 280 g/mol. The summed E-state index contributed by atoms with van der Waals surface area (Å²) in [5, 5.41) is 0. The highest BCUT2D eigenvalue weighted by atomic mass is 16.0. The first-order valence-electron chi connectivity index (χ1n) is 10.2. The third-order valence-electron chi connectivity index (χ3n) is 7.98. The van der Waals surface area contributed by atoms with Gasteiger partial charge in [-0.1, -0.05) is 52.2 Å². The lowest BCUT2D eigenvalue weighted by Gasteiger charge is -2.42. The summed E-state index contributed by atoms with van der Waals surface area (Å²) < 4.78 is 0. The molecule has 136 valence electrons. The van der Waals surface area contributed by atoms with E-state index in [1.54, 1.807) is 0 Å². The molecular formula is C22H42O. The van der Waals surface area contributed by atoms with Crippen LogP contribution < -0.4 is 0 Å². The first kappa shape index (κ1) is 19.0. The number of rotatable bonds is 2. The molecule has 0 aromatic rings. The van der Waals surface area contributed by atoms with Crippen LogP contribution in [0, 0.1) is 41.4 Å². The number of hydrogen-bond acceptors (Lipinski definition) is 0. The molecule has 0 spiro atoms. The average molecular weight is 323 g/mol. The fourth-order valence-electron chi connectivity index (χ4n) is 5.77. The van der Waals surface area contributed by atoms with Crippen molar-refractivity contribution in [2.75, 3.05) is 0 Å². The van der Waals surface area contributed by atoms with Gasteiger partial charge in [0.15, 0.2) is 0 Å². The maximum atomic E-state index is 2.70. The van der Waals surface area contributed by atoms with E-state index in [0.29, 0.717) is 0 Å². The van der Waals surface area contributed by atoms with Crippen LogP contribution in [0.3, 0.4) is 0 Å². The predicted molar refractivity (Wildman–Crippen MR) is 102 cm³/mol. The molecule has 0 bridgehead atoms. The van der Waals surface area contributed by atoms with Gasteiger partial charge in [0.2, 0.25) is 0 Å². The standard InChI is InChI=1S/C22H38.H2O.H2/c1-15-5-8-19(9-6-15)20-10-12-21(13-11-20)22-14-7-16(2)17(3)18(22)4;;/h12,15-20,22H,5-11,13-14H2,1-4H3;1H2;1H. The zero-order valence-electron chi connectivity index (χ0n) is 16.0. The maximum absolute atomic E-state index is 2.70. The summed E-state index contributed by atoms with van der Waals surface area (Å²) in [4.78, 5) is 0. The normalized spacial score (nSPS) is 45.0. The maximum Gasteiger partial charge on any atom is 0 e. The highest BCUT2D eigenvalue weighted by molar-refractivity contribution is 5.13. The van der Waals surface area contributed by atoms with E-state index < -0.39 is 0 Å². The summed E-state index contributed by atoms with van der Waals surface area (Å²) in [6, 6.07) is 0. The SMILES string of the molecule is CC1CCC(C2CC=C(C3CCC(C)C(C)C3C)CC2)CC1.O.[HH]. The Bertz CT molecular complexity index is 397. The first-order chi connectivity index (χ1) is 10.6. The van der Waals surface area contributed by atoms with E-state index in [1.807, 2.05) is 5.57 Å². The molecule has 0 heterocycles. The quantitative estimate of drug-likeness (QED) is 0.536. The van der Waals surface area contributed by atoms with Crippen molar-refractivity contribution >= 4 is 0 Å². The molecule has 5 atom stereocenters. The molecule has 23 heavy (non-hydrogen) atoms. The summed E-state index contributed by atoms with van der Waals surface area (Å²) >= 11 is 0. The average Bonchev–Trinajstić information content (AvgIpc) is 2.54. The minimum atomic E-state index is 0. The molecule has 1 nitrogen and oxygen atoms in total.